The number of thiophene rings is 1. The number of nitrogens with zero attached hydrogens (tertiary/aromatic N) is 1. The van der Waals surface area contributed by atoms with Crippen LogP contribution in [0.1, 0.15) is 5.56 Å². The molecule has 3 aromatic rings. The van der Waals surface area contributed by atoms with Gasteiger partial charge < -0.3 is 0 Å². The molecule has 0 saturated heterocycles. The Morgan fingerprint density at radius 2 is 1.58 bits per heavy atom. The summed E-state index contributed by atoms with van der Waals surface area (Å²) < 4.78 is 13.1. The molecule has 3 heteroatoms. The van der Waals surface area contributed by atoms with Crippen molar-refractivity contribution in [1.82, 2.24) is 4.98 Å². The highest BCUT2D eigenvalue weighted by Crippen LogP contribution is 2.34. The first kappa shape index (κ1) is 12.1. The first-order chi connectivity index (χ1) is 9.22. The van der Waals surface area contributed by atoms with Crippen molar-refractivity contribution in [3.8, 4) is 20.9 Å². The predicted octanol–water partition coefficient (Wildman–Crippen LogP) is 4.92. The number of benzene rings is 1. The van der Waals surface area contributed by atoms with Crippen LogP contribution in [0.15, 0.2) is 54.7 Å². The molecule has 0 spiro atoms. The maximum Gasteiger partial charge on any atom is 0.213 e. The number of aryl methyl sites for hydroxylation is 1. The number of hydrogen-bond acceptors (Lipinski definition) is 2. The van der Waals surface area contributed by atoms with Gasteiger partial charge in [-0.3, -0.25) is 0 Å². The van der Waals surface area contributed by atoms with E-state index in [9.17, 15) is 4.39 Å². The van der Waals surface area contributed by atoms with Crippen molar-refractivity contribution in [2.45, 2.75) is 6.92 Å². The molecule has 0 fully saturated rings. The molecule has 0 radical (unpaired) electrons. The van der Waals surface area contributed by atoms with E-state index >= 15 is 0 Å². The molecule has 0 N–H and O–H groups in total. The molecule has 0 unspecified atom stereocenters. The van der Waals surface area contributed by atoms with Crippen LogP contribution < -0.4 is 0 Å². The van der Waals surface area contributed by atoms with Crippen molar-refractivity contribution in [2.75, 3.05) is 0 Å². The van der Waals surface area contributed by atoms with Crippen LogP contribution in [-0.4, -0.2) is 4.98 Å². The fraction of sp³-hybridized carbons (Fsp3) is 0.0625. The van der Waals surface area contributed by atoms with E-state index in [1.54, 1.807) is 11.3 Å². The third kappa shape index (κ3) is 2.56. The molecule has 0 amide bonds. The first-order valence-electron chi connectivity index (χ1n) is 6.01. The van der Waals surface area contributed by atoms with Crippen LogP contribution in [0.2, 0.25) is 0 Å². The molecule has 0 saturated carbocycles. The van der Waals surface area contributed by atoms with Crippen LogP contribution in [0.3, 0.4) is 0 Å². The first-order valence-corrected chi connectivity index (χ1v) is 6.83. The third-order valence-electron chi connectivity index (χ3n) is 2.95. The maximum atomic E-state index is 13.1. The fourth-order valence-electron chi connectivity index (χ4n) is 1.92. The average Bonchev–Trinajstić information content (AvgIpc) is 2.89. The smallest absolute Gasteiger partial charge is 0.213 e. The van der Waals surface area contributed by atoms with E-state index in [-0.39, 0.29) is 0 Å². The number of aromatic nitrogens is 1. The highest BCUT2D eigenvalue weighted by molar-refractivity contribution is 7.18. The second-order valence-electron chi connectivity index (χ2n) is 4.40. The average molecular weight is 268 g/mol. The normalized spacial score (nSPS) is 10.6. The van der Waals surface area contributed by atoms with Gasteiger partial charge in [-0.2, -0.15) is 4.39 Å². The number of pyridine rings is 1. The van der Waals surface area contributed by atoms with E-state index in [1.807, 2.05) is 12.1 Å². The van der Waals surface area contributed by atoms with Crippen molar-refractivity contribution in [3.63, 3.8) is 0 Å². The van der Waals surface area contributed by atoms with E-state index in [0.717, 1.165) is 10.4 Å². The Labute approximate surface area is 115 Å². The molecule has 0 bridgehead atoms. The predicted molar refractivity (Wildman–Crippen MR) is 77.7 cm³/mol. The minimum absolute atomic E-state index is 0.442. The van der Waals surface area contributed by atoms with E-state index in [0.29, 0.717) is 0 Å². The summed E-state index contributed by atoms with van der Waals surface area (Å²) in [5.41, 5.74) is 3.31. The minimum atomic E-state index is -0.442. The quantitative estimate of drug-likeness (QED) is 0.601. The van der Waals surface area contributed by atoms with Gasteiger partial charge in [-0.1, -0.05) is 29.8 Å². The van der Waals surface area contributed by atoms with Gasteiger partial charge in [0.05, 0.1) is 0 Å². The summed E-state index contributed by atoms with van der Waals surface area (Å²) in [5.74, 6) is -0.442. The zero-order valence-electron chi connectivity index (χ0n) is 10.4. The second-order valence-corrected chi connectivity index (χ2v) is 5.48. The molecular formula is C16H12FNS. The summed E-state index contributed by atoms with van der Waals surface area (Å²) >= 11 is 1.66. The molecule has 2 aromatic heterocycles. The van der Waals surface area contributed by atoms with Crippen LogP contribution in [-0.2, 0) is 0 Å². The molecule has 2 heterocycles. The van der Waals surface area contributed by atoms with Gasteiger partial charge in [0, 0.05) is 22.0 Å². The minimum Gasteiger partial charge on any atom is -0.228 e. The van der Waals surface area contributed by atoms with E-state index in [2.05, 4.69) is 42.2 Å². The number of halogens is 1. The van der Waals surface area contributed by atoms with Crippen molar-refractivity contribution in [2.24, 2.45) is 0 Å². The van der Waals surface area contributed by atoms with Crippen molar-refractivity contribution in [3.05, 3.63) is 66.2 Å². The van der Waals surface area contributed by atoms with Gasteiger partial charge in [-0.15, -0.1) is 11.3 Å². The highest BCUT2D eigenvalue weighted by atomic mass is 32.1. The number of hydrogen-bond donors (Lipinski definition) is 0. The molecule has 1 nitrogen and oxygen atoms in total. The summed E-state index contributed by atoms with van der Waals surface area (Å²) in [4.78, 5) is 5.82. The summed E-state index contributed by atoms with van der Waals surface area (Å²) in [6.45, 7) is 2.07. The molecular weight excluding hydrogens is 256 g/mol. The molecule has 0 aliphatic heterocycles. The van der Waals surface area contributed by atoms with Gasteiger partial charge in [0.2, 0.25) is 5.95 Å². The molecule has 0 atom stereocenters. The van der Waals surface area contributed by atoms with Crippen molar-refractivity contribution >= 4 is 11.3 Å². The van der Waals surface area contributed by atoms with Crippen LogP contribution in [0.5, 0.6) is 0 Å². The van der Waals surface area contributed by atoms with Gasteiger partial charge in [-0.25, -0.2) is 4.98 Å². The zero-order valence-corrected chi connectivity index (χ0v) is 11.2. The highest BCUT2D eigenvalue weighted by Gasteiger charge is 2.05. The Kier molecular flexibility index (Phi) is 3.13. The molecule has 1 aromatic carbocycles. The lowest BCUT2D eigenvalue weighted by molar-refractivity contribution is 0.584. The molecule has 3 rings (SSSR count). The lowest BCUT2D eigenvalue weighted by Gasteiger charge is -1.98. The van der Waals surface area contributed by atoms with Crippen LogP contribution in [0.4, 0.5) is 4.39 Å². The van der Waals surface area contributed by atoms with E-state index < -0.39 is 5.95 Å². The largest absolute Gasteiger partial charge is 0.228 e. The monoisotopic (exact) mass is 268 g/mol. The Balaban J connectivity index is 1.97. The van der Waals surface area contributed by atoms with Crippen LogP contribution in [0.25, 0.3) is 20.9 Å². The Hall–Kier alpha value is -2.00. The standard InChI is InChI=1S/C16H12FNS/c1-11-2-4-12(5-3-11)14-6-7-15(19-14)13-8-9-18-16(17)10-13/h2-10H,1H3/i17-1. The molecule has 94 valence electrons. The van der Waals surface area contributed by atoms with E-state index in [4.69, 9.17) is 0 Å². The lowest BCUT2D eigenvalue weighted by atomic mass is 10.1. The summed E-state index contributed by atoms with van der Waals surface area (Å²) in [6, 6.07) is 15.8. The second kappa shape index (κ2) is 4.94. The lowest BCUT2D eigenvalue weighted by Crippen LogP contribution is -1.80. The van der Waals surface area contributed by atoms with Gasteiger partial charge >= 0.3 is 0 Å². The summed E-state index contributed by atoms with van der Waals surface area (Å²) in [7, 11) is 0. The summed E-state index contributed by atoms with van der Waals surface area (Å²) in [6.07, 6.45) is 1.50. The van der Waals surface area contributed by atoms with E-state index in [1.165, 1.54) is 28.3 Å². The summed E-state index contributed by atoms with van der Waals surface area (Å²) in [5, 5.41) is 0. The van der Waals surface area contributed by atoms with Crippen LogP contribution in [0, 0.1) is 12.9 Å². The molecule has 0 aliphatic rings. The molecule has 0 aliphatic carbocycles. The van der Waals surface area contributed by atoms with Crippen LogP contribution >= 0.6 is 11.3 Å². The Bertz CT molecular complexity index is 701. The SMILES string of the molecule is Cc1ccc(-c2ccc(-c3ccnc([18F])c3)s2)cc1. The zero-order chi connectivity index (χ0) is 13.2. The molecule has 19 heavy (non-hydrogen) atoms. The third-order valence-corrected chi connectivity index (χ3v) is 4.14. The van der Waals surface area contributed by atoms with Crippen molar-refractivity contribution < 1.29 is 4.39 Å². The Morgan fingerprint density at radius 3 is 2.26 bits per heavy atom. The van der Waals surface area contributed by atoms with Gasteiger partial charge in [0.1, 0.15) is 0 Å². The number of rotatable bonds is 2. The van der Waals surface area contributed by atoms with Gasteiger partial charge in [0.15, 0.2) is 0 Å². The van der Waals surface area contributed by atoms with Crippen molar-refractivity contribution in [1.29, 1.82) is 0 Å². The van der Waals surface area contributed by atoms with Gasteiger partial charge in [-0.05, 0) is 36.2 Å². The van der Waals surface area contributed by atoms with Gasteiger partial charge in [0.25, 0.3) is 0 Å². The fourth-order valence-corrected chi connectivity index (χ4v) is 2.93. The maximum absolute atomic E-state index is 13.1. The Morgan fingerprint density at radius 1 is 0.895 bits per heavy atom. The topological polar surface area (TPSA) is 12.9 Å².